The smallest absolute Gasteiger partial charge is 0.128 e. The van der Waals surface area contributed by atoms with Gasteiger partial charge < -0.3 is 10.2 Å². The Kier molecular flexibility index (Phi) is 4.45. The van der Waals surface area contributed by atoms with Crippen LogP contribution in [-0.4, -0.2) is 24.1 Å². The normalized spacial score (nSPS) is 18.7. The molecule has 2 rings (SSSR count). The van der Waals surface area contributed by atoms with Crippen LogP contribution in [0.1, 0.15) is 40.0 Å². The molecule has 100 valence electrons. The summed E-state index contributed by atoms with van der Waals surface area (Å²) in [4.78, 5) is 6.93. The van der Waals surface area contributed by atoms with E-state index in [2.05, 4.69) is 48.1 Å². The summed E-state index contributed by atoms with van der Waals surface area (Å²) in [6.07, 6.45) is 5.76. The van der Waals surface area contributed by atoms with Gasteiger partial charge in [-0.3, -0.25) is 0 Å². The topological polar surface area (TPSA) is 28.2 Å². The minimum Gasteiger partial charge on any atom is -0.381 e. The van der Waals surface area contributed by atoms with Crippen molar-refractivity contribution in [1.82, 2.24) is 4.98 Å². The molecule has 0 radical (unpaired) electrons. The molecule has 0 aromatic carbocycles. The van der Waals surface area contributed by atoms with Crippen molar-refractivity contribution in [2.75, 3.05) is 23.3 Å². The molecule has 2 unspecified atom stereocenters. The number of nitrogens with one attached hydrogen (secondary N) is 1. The van der Waals surface area contributed by atoms with Crippen LogP contribution < -0.4 is 10.2 Å². The van der Waals surface area contributed by atoms with E-state index in [4.69, 9.17) is 0 Å². The Morgan fingerprint density at radius 2 is 2.00 bits per heavy atom. The summed E-state index contributed by atoms with van der Waals surface area (Å²) in [6, 6.07) is 4.78. The summed E-state index contributed by atoms with van der Waals surface area (Å²) in [5, 5.41) is 3.53. The number of rotatable bonds is 5. The van der Waals surface area contributed by atoms with E-state index >= 15 is 0 Å². The van der Waals surface area contributed by atoms with Crippen molar-refractivity contribution in [2.24, 2.45) is 5.92 Å². The second-order valence-electron chi connectivity index (χ2n) is 5.42. The second-order valence-corrected chi connectivity index (χ2v) is 5.42. The minimum absolute atomic E-state index is 0.495. The first-order valence-corrected chi connectivity index (χ1v) is 7.18. The van der Waals surface area contributed by atoms with Crippen LogP contribution in [-0.2, 0) is 0 Å². The largest absolute Gasteiger partial charge is 0.381 e. The van der Waals surface area contributed by atoms with Gasteiger partial charge in [-0.2, -0.15) is 0 Å². The fraction of sp³-hybridized carbons (Fsp3) is 0.667. The molecule has 1 aliphatic rings. The van der Waals surface area contributed by atoms with Crippen molar-refractivity contribution < 1.29 is 0 Å². The molecule has 2 heterocycles. The molecule has 3 heteroatoms. The van der Waals surface area contributed by atoms with Crippen molar-refractivity contribution in [2.45, 2.75) is 46.1 Å². The van der Waals surface area contributed by atoms with E-state index in [-0.39, 0.29) is 0 Å². The third-order valence-corrected chi connectivity index (χ3v) is 4.07. The molecule has 1 aromatic rings. The lowest BCUT2D eigenvalue weighted by Crippen LogP contribution is -2.23. The molecule has 1 aliphatic heterocycles. The van der Waals surface area contributed by atoms with E-state index in [1.54, 1.807) is 0 Å². The average Bonchev–Trinajstić information content (AvgIpc) is 2.92. The van der Waals surface area contributed by atoms with Crippen molar-refractivity contribution in [3.8, 4) is 0 Å². The van der Waals surface area contributed by atoms with Gasteiger partial charge in [0.1, 0.15) is 5.82 Å². The Morgan fingerprint density at radius 3 is 2.56 bits per heavy atom. The molecule has 0 amide bonds. The average molecular weight is 247 g/mol. The van der Waals surface area contributed by atoms with Crippen LogP contribution in [0.5, 0.6) is 0 Å². The molecular weight excluding hydrogens is 222 g/mol. The van der Waals surface area contributed by atoms with E-state index in [1.807, 2.05) is 6.20 Å². The van der Waals surface area contributed by atoms with Crippen LogP contribution in [0.15, 0.2) is 18.3 Å². The Labute approximate surface area is 111 Å². The quantitative estimate of drug-likeness (QED) is 0.862. The highest BCUT2D eigenvalue weighted by Crippen LogP contribution is 2.20. The fourth-order valence-corrected chi connectivity index (χ4v) is 2.36. The maximum absolute atomic E-state index is 4.56. The molecular formula is C15H25N3. The summed E-state index contributed by atoms with van der Waals surface area (Å²) in [7, 11) is 0. The Hall–Kier alpha value is -1.25. The van der Waals surface area contributed by atoms with Gasteiger partial charge in [-0.25, -0.2) is 4.98 Å². The predicted octanol–water partition coefficient (Wildman–Crippen LogP) is 3.53. The SMILES string of the molecule is CCC(C)C(C)Nc1ccc(N2CCCC2)nc1. The lowest BCUT2D eigenvalue weighted by Gasteiger charge is -2.22. The Morgan fingerprint density at radius 1 is 1.28 bits per heavy atom. The first-order valence-electron chi connectivity index (χ1n) is 7.18. The lowest BCUT2D eigenvalue weighted by atomic mass is 10.0. The molecule has 2 atom stereocenters. The molecule has 3 nitrogen and oxygen atoms in total. The third kappa shape index (κ3) is 3.15. The molecule has 1 saturated heterocycles. The zero-order valence-electron chi connectivity index (χ0n) is 11.8. The van der Waals surface area contributed by atoms with Crippen LogP contribution in [0.25, 0.3) is 0 Å². The number of aromatic nitrogens is 1. The van der Waals surface area contributed by atoms with E-state index in [0.29, 0.717) is 12.0 Å². The van der Waals surface area contributed by atoms with Gasteiger partial charge in [0.2, 0.25) is 0 Å². The zero-order chi connectivity index (χ0) is 13.0. The van der Waals surface area contributed by atoms with Gasteiger partial charge in [-0.05, 0) is 37.8 Å². The van der Waals surface area contributed by atoms with Crippen LogP contribution in [0.2, 0.25) is 0 Å². The van der Waals surface area contributed by atoms with Gasteiger partial charge in [-0.1, -0.05) is 20.3 Å². The molecule has 18 heavy (non-hydrogen) atoms. The maximum atomic E-state index is 4.56. The van der Waals surface area contributed by atoms with Gasteiger partial charge in [0.05, 0.1) is 11.9 Å². The molecule has 0 saturated carbocycles. The van der Waals surface area contributed by atoms with E-state index in [1.165, 1.54) is 19.3 Å². The van der Waals surface area contributed by atoms with Crippen molar-refractivity contribution in [3.05, 3.63) is 18.3 Å². The summed E-state index contributed by atoms with van der Waals surface area (Å²) in [6.45, 7) is 9.07. The van der Waals surface area contributed by atoms with Gasteiger partial charge >= 0.3 is 0 Å². The standard InChI is InChI=1S/C15H25N3/c1-4-12(2)13(3)17-14-7-8-15(16-11-14)18-9-5-6-10-18/h7-8,11-13,17H,4-6,9-10H2,1-3H3. The van der Waals surface area contributed by atoms with Crippen LogP contribution >= 0.6 is 0 Å². The number of pyridine rings is 1. The van der Waals surface area contributed by atoms with Crippen LogP contribution in [0.3, 0.4) is 0 Å². The first-order chi connectivity index (χ1) is 8.70. The first kappa shape index (κ1) is 13.2. The number of anilines is 2. The third-order valence-electron chi connectivity index (χ3n) is 4.07. The molecule has 1 aromatic heterocycles. The lowest BCUT2D eigenvalue weighted by molar-refractivity contribution is 0.494. The summed E-state index contributed by atoms with van der Waals surface area (Å²) >= 11 is 0. The zero-order valence-corrected chi connectivity index (χ0v) is 11.8. The van der Waals surface area contributed by atoms with Gasteiger partial charge in [0.15, 0.2) is 0 Å². The summed E-state index contributed by atoms with van der Waals surface area (Å²) < 4.78 is 0. The highest BCUT2D eigenvalue weighted by atomic mass is 15.2. The van der Waals surface area contributed by atoms with Crippen molar-refractivity contribution in [3.63, 3.8) is 0 Å². The second kappa shape index (κ2) is 6.07. The van der Waals surface area contributed by atoms with Gasteiger partial charge in [-0.15, -0.1) is 0 Å². The highest BCUT2D eigenvalue weighted by Gasteiger charge is 2.14. The van der Waals surface area contributed by atoms with Crippen molar-refractivity contribution in [1.29, 1.82) is 0 Å². The maximum Gasteiger partial charge on any atom is 0.128 e. The molecule has 0 spiro atoms. The van der Waals surface area contributed by atoms with E-state index < -0.39 is 0 Å². The van der Waals surface area contributed by atoms with E-state index in [9.17, 15) is 0 Å². The Bertz CT molecular complexity index is 355. The van der Waals surface area contributed by atoms with Crippen molar-refractivity contribution >= 4 is 11.5 Å². The highest BCUT2D eigenvalue weighted by molar-refractivity contribution is 5.49. The molecule has 0 bridgehead atoms. The monoisotopic (exact) mass is 247 g/mol. The van der Waals surface area contributed by atoms with Crippen LogP contribution in [0.4, 0.5) is 11.5 Å². The minimum atomic E-state index is 0.495. The Balaban J connectivity index is 1.94. The fourth-order valence-electron chi connectivity index (χ4n) is 2.36. The van der Waals surface area contributed by atoms with E-state index in [0.717, 1.165) is 24.6 Å². The molecule has 0 aliphatic carbocycles. The number of hydrogen-bond acceptors (Lipinski definition) is 3. The molecule has 1 fully saturated rings. The summed E-state index contributed by atoms with van der Waals surface area (Å²) in [5.74, 6) is 1.80. The number of hydrogen-bond donors (Lipinski definition) is 1. The summed E-state index contributed by atoms with van der Waals surface area (Å²) in [5.41, 5.74) is 1.13. The predicted molar refractivity (Wildman–Crippen MR) is 78.2 cm³/mol. The van der Waals surface area contributed by atoms with Gasteiger partial charge in [0, 0.05) is 19.1 Å². The van der Waals surface area contributed by atoms with Gasteiger partial charge in [0.25, 0.3) is 0 Å². The number of nitrogens with zero attached hydrogens (tertiary/aromatic N) is 2. The molecule has 1 N–H and O–H groups in total. The van der Waals surface area contributed by atoms with Crippen LogP contribution in [0, 0.1) is 5.92 Å².